The molecule has 4 N–H and O–H groups in total. The number of hydrogen-bond acceptors (Lipinski definition) is 6. The van der Waals surface area contributed by atoms with Crippen LogP contribution in [0.3, 0.4) is 0 Å². The predicted molar refractivity (Wildman–Crippen MR) is 110 cm³/mol. The molecule has 1 saturated heterocycles. The van der Waals surface area contributed by atoms with Crippen LogP contribution in [0, 0.1) is 0 Å². The van der Waals surface area contributed by atoms with E-state index in [1.54, 1.807) is 18.2 Å². The van der Waals surface area contributed by atoms with Crippen molar-refractivity contribution in [1.29, 1.82) is 0 Å². The lowest BCUT2D eigenvalue weighted by molar-refractivity contribution is -0.136. The minimum atomic E-state index is -0.975. The summed E-state index contributed by atoms with van der Waals surface area (Å²) in [6.45, 7) is 1.94. The quantitative estimate of drug-likeness (QED) is 0.649. The Morgan fingerprint density at radius 3 is 2.43 bits per heavy atom. The summed E-state index contributed by atoms with van der Waals surface area (Å²) in [5.74, 6) is -2.08. The normalized spacial score (nSPS) is 20.6. The third-order valence-electron chi connectivity index (χ3n) is 5.56. The maximum Gasteiger partial charge on any atom is 0.262 e. The monoisotopic (exact) mass is 406 g/mol. The summed E-state index contributed by atoms with van der Waals surface area (Å²) in [5, 5.41) is 5.47. The van der Waals surface area contributed by atoms with Crippen LogP contribution in [0.4, 0.5) is 5.69 Å². The predicted octanol–water partition coefficient (Wildman–Crippen LogP) is 1.59. The van der Waals surface area contributed by atoms with Crippen LogP contribution in [-0.2, 0) is 9.59 Å². The Balaban J connectivity index is 1.53. The Hall–Kier alpha value is -3.52. The molecular weight excluding hydrogens is 384 g/mol. The fourth-order valence-electron chi connectivity index (χ4n) is 3.88. The van der Waals surface area contributed by atoms with E-state index in [1.807, 2.05) is 37.3 Å². The fraction of sp³-hybridized carbons (Fsp3) is 0.273. The van der Waals surface area contributed by atoms with Crippen LogP contribution < -0.4 is 16.4 Å². The number of rotatable bonds is 5. The van der Waals surface area contributed by atoms with Gasteiger partial charge in [-0.15, -0.1) is 0 Å². The molecule has 4 rings (SSSR count). The zero-order valence-corrected chi connectivity index (χ0v) is 16.4. The first-order valence-corrected chi connectivity index (χ1v) is 9.79. The Kier molecular flexibility index (Phi) is 5.09. The zero-order valence-electron chi connectivity index (χ0n) is 16.4. The van der Waals surface area contributed by atoms with E-state index >= 15 is 0 Å². The maximum atomic E-state index is 12.9. The number of carbonyl (C=O) groups is 4. The molecule has 0 bridgehead atoms. The van der Waals surface area contributed by atoms with Gasteiger partial charge in [0.2, 0.25) is 11.8 Å². The van der Waals surface area contributed by atoms with E-state index in [4.69, 9.17) is 5.73 Å². The van der Waals surface area contributed by atoms with Gasteiger partial charge in [0.15, 0.2) is 0 Å². The first kappa shape index (κ1) is 19.8. The van der Waals surface area contributed by atoms with Gasteiger partial charge < -0.3 is 11.1 Å². The van der Waals surface area contributed by atoms with Crippen molar-refractivity contribution in [1.82, 2.24) is 10.2 Å². The van der Waals surface area contributed by atoms with Gasteiger partial charge >= 0.3 is 0 Å². The third-order valence-corrected chi connectivity index (χ3v) is 5.56. The third kappa shape index (κ3) is 3.46. The number of carbonyl (C=O) groups excluding carboxylic acids is 4. The number of anilines is 1. The highest BCUT2D eigenvalue weighted by Gasteiger charge is 2.44. The minimum Gasteiger partial charge on any atom is -0.381 e. The van der Waals surface area contributed by atoms with Crippen molar-refractivity contribution in [3.05, 3.63) is 65.2 Å². The molecule has 4 amide bonds. The molecule has 154 valence electrons. The van der Waals surface area contributed by atoms with E-state index in [9.17, 15) is 19.2 Å². The number of benzene rings is 2. The summed E-state index contributed by atoms with van der Waals surface area (Å²) >= 11 is 0. The molecule has 0 saturated carbocycles. The standard InChI is InChI=1S/C22H22N4O4/c1-12(19(23)13-5-3-2-4-6-13)24-14-7-8-15-16(11-14)22(30)26(21(15)29)17-9-10-18(27)25-20(17)28/h2-8,11-12,17,19,24H,9-10,23H2,1H3,(H,25,27,28). The maximum absolute atomic E-state index is 12.9. The van der Waals surface area contributed by atoms with Crippen LogP contribution in [0.25, 0.3) is 0 Å². The molecule has 3 atom stereocenters. The molecule has 3 unspecified atom stereocenters. The van der Waals surface area contributed by atoms with Crippen molar-refractivity contribution in [2.24, 2.45) is 5.73 Å². The number of nitrogens with one attached hydrogen (secondary N) is 2. The highest BCUT2D eigenvalue weighted by Crippen LogP contribution is 2.30. The molecule has 2 heterocycles. The molecule has 8 heteroatoms. The summed E-state index contributed by atoms with van der Waals surface area (Å²) < 4.78 is 0. The molecular formula is C22H22N4O4. The second-order valence-electron chi connectivity index (χ2n) is 7.58. The zero-order chi connectivity index (χ0) is 21.4. The highest BCUT2D eigenvalue weighted by molar-refractivity contribution is 6.23. The summed E-state index contributed by atoms with van der Waals surface area (Å²) in [6, 6.07) is 13.2. The van der Waals surface area contributed by atoms with Gasteiger partial charge in [-0.1, -0.05) is 30.3 Å². The van der Waals surface area contributed by atoms with Crippen LogP contribution in [0.5, 0.6) is 0 Å². The molecule has 0 aromatic heterocycles. The molecule has 8 nitrogen and oxygen atoms in total. The average molecular weight is 406 g/mol. The van der Waals surface area contributed by atoms with E-state index in [0.717, 1.165) is 10.5 Å². The largest absolute Gasteiger partial charge is 0.381 e. The Morgan fingerprint density at radius 1 is 1.03 bits per heavy atom. The number of amides is 4. The molecule has 2 aliphatic rings. The second-order valence-corrected chi connectivity index (χ2v) is 7.58. The average Bonchev–Trinajstić information content (AvgIpc) is 2.98. The highest BCUT2D eigenvalue weighted by atomic mass is 16.2. The molecule has 0 aliphatic carbocycles. The van der Waals surface area contributed by atoms with Crippen molar-refractivity contribution < 1.29 is 19.2 Å². The first-order chi connectivity index (χ1) is 14.4. The summed E-state index contributed by atoms with van der Waals surface area (Å²) in [5.41, 5.74) is 8.44. The van der Waals surface area contributed by atoms with Crippen LogP contribution in [0.1, 0.15) is 52.1 Å². The van der Waals surface area contributed by atoms with Gasteiger partial charge in [-0.25, -0.2) is 0 Å². The number of hydrogen-bond donors (Lipinski definition) is 3. The van der Waals surface area contributed by atoms with Gasteiger partial charge in [0.1, 0.15) is 6.04 Å². The summed E-state index contributed by atoms with van der Waals surface area (Å²) in [6.07, 6.45) is 0.218. The van der Waals surface area contributed by atoms with E-state index in [1.165, 1.54) is 0 Å². The molecule has 1 fully saturated rings. The van der Waals surface area contributed by atoms with Crippen molar-refractivity contribution >= 4 is 29.3 Å². The number of nitrogens with zero attached hydrogens (tertiary/aromatic N) is 1. The number of fused-ring (bicyclic) bond motifs is 1. The van der Waals surface area contributed by atoms with Crippen molar-refractivity contribution in [2.45, 2.75) is 37.9 Å². The van der Waals surface area contributed by atoms with E-state index in [-0.39, 0.29) is 36.1 Å². The van der Waals surface area contributed by atoms with Gasteiger partial charge in [0, 0.05) is 24.2 Å². The molecule has 0 radical (unpaired) electrons. The molecule has 2 aromatic rings. The summed E-state index contributed by atoms with van der Waals surface area (Å²) in [7, 11) is 0. The van der Waals surface area contributed by atoms with Gasteiger partial charge in [-0.05, 0) is 37.1 Å². The summed E-state index contributed by atoms with van der Waals surface area (Å²) in [4.78, 5) is 50.2. The number of piperidine rings is 1. The van der Waals surface area contributed by atoms with Gasteiger partial charge in [0.25, 0.3) is 11.8 Å². The molecule has 0 spiro atoms. The Bertz CT molecular complexity index is 1040. The van der Waals surface area contributed by atoms with E-state index in [0.29, 0.717) is 5.69 Å². The Morgan fingerprint density at radius 2 is 1.73 bits per heavy atom. The lowest BCUT2D eigenvalue weighted by Crippen LogP contribution is -2.54. The van der Waals surface area contributed by atoms with Crippen LogP contribution in [0.15, 0.2) is 48.5 Å². The van der Waals surface area contributed by atoms with Crippen LogP contribution >= 0.6 is 0 Å². The molecule has 30 heavy (non-hydrogen) atoms. The van der Waals surface area contributed by atoms with Crippen molar-refractivity contribution in [2.75, 3.05) is 5.32 Å². The molecule has 2 aliphatic heterocycles. The van der Waals surface area contributed by atoms with E-state index < -0.39 is 29.7 Å². The van der Waals surface area contributed by atoms with Crippen LogP contribution in [0.2, 0.25) is 0 Å². The lowest BCUT2D eigenvalue weighted by atomic mass is 10.0. The number of imide groups is 2. The van der Waals surface area contributed by atoms with Crippen molar-refractivity contribution in [3.63, 3.8) is 0 Å². The van der Waals surface area contributed by atoms with Gasteiger partial charge in [0.05, 0.1) is 11.1 Å². The Labute approximate surface area is 173 Å². The lowest BCUT2D eigenvalue weighted by Gasteiger charge is -2.27. The van der Waals surface area contributed by atoms with Gasteiger partial charge in [-0.3, -0.25) is 29.4 Å². The topological polar surface area (TPSA) is 122 Å². The minimum absolute atomic E-state index is 0.0888. The van der Waals surface area contributed by atoms with E-state index in [2.05, 4.69) is 10.6 Å². The molecule has 2 aromatic carbocycles. The smallest absolute Gasteiger partial charge is 0.262 e. The second kappa shape index (κ2) is 7.72. The van der Waals surface area contributed by atoms with Gasteiger partial charge in [-0.2, -0.15) is 0 Å². The van der Waals surface area contributed by atoms with Crippen molar-refractivity contribution in [3.8, 4) is 0 Å². The number of nitrogens with two attached hydrogens (primary N) is 1. The SMILES string of the molecule is CC(Nc1ccc2c(c1)C(=O)N(C1CCC(=O)NC1=O)C2=O)C(N)c1ccccc1. The fourth-order valence-corrected chi connectivity index (χ4v) is 3.88. The van der Waals surface area contributed by atoms with Crippen LogP contribution in [-0.4, -0.2) is 40.6 Å². The first-order valence-electron chi connectivity index (χ1n) is 9.79.